The molecule has 0 saturated heterocycles. The number of nitrogens with zero attached hydrogens (tertiary/aromatic N) is 3. The van der Waals surface area contributed by atoms with Crippen molar-refractivity contribution >= 4 is 5.96 Å². The molecule has 0 radical (unpaired) electrons. The standard InChI is InChI=1S/C20H21F2N5/c1-2-24-20(26-13-16-11-17(21)7-8-18(16)22)25-12-15-5-3-4-6-19(15)27-10-9-23-14-27/h3-11,14H,2,12-13H2,1H3,(H2,24,25,26). The van der Waals surface area contributed by atoms with Gasteiger partial charge in [0.25, 0.3) is 0 Å². The van der Waals surface area contributed by atoms with Gasteiger partial charge >= 0.3 is 0 Å². The Labute approximate surface area is 156 Å². The molecular formula is C20H21F2N5. The Balaban J connectivity index is 1.73. The third-order valence-corrected chi connectivity index (χ3v) is 3.98. The highest BCUT2D eigenvalue weighted by atomic mass is 19.1. The number of para-hydroxylation sites is 1. The fourth-order valence-corrected chi connectivity index (χ4v) is 2.66. The molecule has 140 valence electrons. The quantitative estimate of drug-likeness (QED) is 0.517. The van der Waals surface area contributed by atoms with E-state index in [1.807, 2.05) is 42.0 Å². The summed E-state index contributed by atoms with van der Waals surface area (Å²) in [6.07, 6.45) is 5.35. The van der Waals surface area contributed by atoms with Crippen molar-refractivity contribution in [2.45, 2.75) is 20.0 Å². The Hall–Kier alpha value is -3.22. The minimum absolute atomic E-state index is 0.0437. The van der Waals surface area contributed by atoms with Gasteiger partial charge in [0, 0.05) is 31.0 Å². The SMILES string of the molecule is CCNC(=NCc1cc(F)ccc1F)NCc1ccccc1-n1ccnc1. The van der Waals surface area contributed by atoms with Crippen LogP contribution in [0.3, 0.4) is 0 Å². The fraction of sp³-hybridized carbons (Fsp3) is 0.200. The van der Waals surface area contributed by atoms with Gasteiger partial charge < -0.3 is 15.2 Å². The lowest BCUT2D eigenvalue weighted by Gasteiger charge is -2.14. The van der Waals surface area contributed by atoms with Crippen LogP contribution in [0.25, 0.3) is 5.69 Å². The Bertz CT molecular complexity index is 906. The van der Waals surface area contributed by atoms with Crippen molar-refractivity contribution < 1.29 is 8.78 Å². The van der Waals surface area contributed by atoms with Gasteiger partial charge in [-0.15, -0.1) is 0 Å². The summed E-state index contributed by atoms with van der Waals surface area (Å²) < 4.78 is 29.0. The highest BCUT2D eigenvalue weighted by Gasteiger charge is 2.07. The summed E-state index contributed by atoms with van der Waals surface area (Å²) in [5.74, 6) is -0.420. The van der Waals surface area contributed by atoms with Crippen molar-refractivity contribution in [3.63, 3.8) is 0 Å². The third kappa shape index (κ3) is 4.91. The zero-order valence-electron chi connectivity index (χ0n) is 15.0. The molecule has 0 aliphatic rings. The van der Waals surface area contributed by atoms with Crippen LogP contribution in [0.2, 0.25) is 0 Å². The number of hydrogen-bond acceptors (Lipinski definition) is 2. The molecule has 0 bridgehead atoms. The van der Waals surface area contributed by atoms with E-state index < -0.39 is 11.6 Å². The van der Waals surface area contributed by atoms with E-state index in [2.05, 4.69) is 20.6 Å². The molecule has 3 aromatic rings. The van der Waals surface area contributed by atoms with Gasteiger partial charge in [-0.05, 0) is 36.8 Å². The second-order valence-corrected chi connectivity index (χ2v) is 5.88. The van der Waals surface area contributed by atoms with Gasteiger partial charge in [-0.3, -0.25) is 0 Å². The van der Waals surface area contributed by atoms with Gasteiger partial charge in [-0.25, -0.2) is 18.8 Å². The molecule has 0 unspecified atom stereocenters. The van der Waals surface area contributed by atoms with Gasteiger partial charge in [-0.2, -0.15) is 0 Å². The predicted octanol–water partition coefficient (Wildman–Crippen LogP) is 3.41. The molecular weight excluding hydrogens is 348 g/mol. The van der Waals surface area contributed by atoms with Crippen molar-refractivity contribution in [2.24, 2.45) is 4.99 Å². The van der Waals surface area contributed by atoms with Gasteiger partial charge in [0.1, 0.15) is 11.6 Å². The smallest absolute Gasteiger partial charge is 0.191 e. The van der Waals surface area contributed by atoms with E-state index in [4.69, 9.17) is 0 Å². The minimum Gasteiger partial charge on any atom is -0.357 e. The topological polar surface area (TPSA) is 54.2 Å². The summed E-state index contributed by atoms with van der Waals surface area (Å²) in [5, 5.41) is 6.35. The number of hydrogen-bond donors (Lipinski definition) is 2. The molecule has 27 heavy (non-hydrogen) atoms. The van der Waals surface area contributed by atoms with E-state index in [1.165, 1.54) is 0 Å². The maximum atomic E-state index is 13.8. The fourth-order valence-electron chi connectivity index (χ4n) is 2.66. The van der Waals surface area contributed by atoms with E-state index in [-0.39, 0.29) is 12.1 Å². The number of rotatable bonds is 6. The van der Waals surface area contributed by atoms with Gasteiger partial charge in [0.05, 0.1) is 18.6 Å². The number of aromatic nitrogens is 2. The van der Waals surface area contributed by atoms with E-state index in [0.29, 0.717) is 19.0 Å². The van der Waals surface area contributed by atoms with Crippen molar-refractivity contribution in [1.29, 1.82) is 0 Å². The minimum atomic E-state index is -0.478. The Morgan fingerprint density at radius 2 is 1.96 bits per heavy atom. The highest BCUT2D eigenvalue weighted by molar-refractivity contribution is 5.79. The average molecular weight is 369 g/mol. The number of halogens is 2. The van der Waals surface area contributed by atoms with Crippen molar-refractivity contribution in [2.75, 3.05) is 6.54 Å². The van der Waals surface area contributed by atoms with Crippen LogP contribution < -0.4 is 10.6 Å². The molecule has 2 N–H and O–H groups in total. The van der Waals surface area contributed by atoms with Crippen LogP contribution in [0.1, 0.15) is 18.1 Å². The maximum absolute atomic E-state index is 13.8. The second kappa shape index (κ2) is 8.93. The Morgan fingerprint density at radius 1 is 1.11 bits per heavy atom. The van der Waals surface area contributed by atoms with Crippen LogP contribution in [-0.2, 0) is 13.1 Å². The molecule has 7 heteroatoms. The lowest BCUT2D eigenvalue weighted by Crippen LogP contribution is -2.37. The summed E-state index contributed by atoms with van der Waals surface area (Å²) in [6, 6.07) is 11.3. The number of aliphatic imine (C=N–C) groups is 1. The first-order valence-electron chi connectivity index (χ1n) is 8.69. The first-order valence-corrected chi connectivity index (χ1v) is 8.69. The summed E-state index contributed by atoms with van der Waals surface area (Å²) in [4.78, 5) is 8.44. The number of benzene rings is 2. The van der Waals surface area contributed by atoms with Crippen molar-refractivity contribution in [3.05, 3.63) is 83.9 Å². The maximum Gasteiger partial charge on any atom is 0.191 e. The largest absolute Gasteiger partial charge is 0.357 e. The monoisotopic (exact) mass is 369 g/mol. The zero-order valence-corrected chi connectivity index (χ0v) is 15.0. The lowest BCUT2D eigenvalue weighted by molar-refractivity contribution is 0.585. The first-order chi connectivity index (χ1) is 13.2. The average Bonchev–Trinajstić information content (AvgIpc) is 3.21. The van der Waals surface area contributed by atoms with Gasteiger partial charge in [0.15, 0.2) is 5.96 Å². The van der Waals surface area contributed by atoms with Crippen LogP contribution in [0.15, 0.2) is 66.2 Å². The predicted molar refractivity (Wildman–Crippen MR) is 102 cm³/mol. The molecule has 0 atom stereocenters. The molecule has 0 amide bonds. The number of imidazole rings is 1. The first kappa shape index (κ1) is 18.6. The lowest BCUT2D eigenvalue weighted by atomic mass is 10.1. The molecule has 0 aliphatic carbocycles. The Morgan fingerprint density at radius 3 is 2.74 bits per heavy atom. The third-order valence-electron chi connectivity index (χ3n) is 3.98. The molecule has 2 aromatic carbocycles. The van der Waals surface area contributed by atoms with Gasteiger partial charge in [0.2, 0.25) is 0 Å². The second-order valence-electron chi connectivity index (χ2n) is 5.88. The van der Waals surface area contributed by atoms with Crippen LogP contribution in [-0.4, -0.2) is 22.1 Å². The van der Waals surface area contributed by atoms with Crippen LogP contribution in [0, 0.1) is 11.6 Å². The molecule has 5 nitrogen and oxygen atoms in total. The molecule has 0 aliphatic heterocycles. The zero-order chi connectivity index (χ0) is 19.1. The number of nitrogens with one attached hydrogen (secondary N) is 2. The van der Waals surface area contributed by atoms with E-state index in [1.54, 1.807) is 12.5 Å². The summed E-state index contributed by atoms with van der Waals surface area (Å²) in [5.41, 5.74) is 2.28. The molecule has 1 heterocycles. The van der Waals surface area contributed by atoms with Crippen LogP contribution >= 0.6 is 0 Å². The molecule has 0 spiro atoms. The van der Waals surface area contributed by atoms with Crippen LogP contribution in [0.5, 0.6) is 0 Å². The van der Waals surface area contributed by atoms with Crippen molar-refractivity contribution in [1.82, 2.24) is 20.2 Å². The number of guanidine groups is 1. The Kier molecular flexibility index (Phi) is 6.14. The van der Waals surface area contributed by atoms with Gasteiger partial charge in [-0.1, -0.05) is 18.2 Å². The summed E-state index contributed by atoms with van der Waals surface area (Å²) in [7, 11) is 0. The van der Waals surface area contributed by atoms with E-state index >= 15 is 0 Å². The highest BCUT2D eigenvalue weighted by Crippen LogP contribution is 2.14. The molecule has 1 aromatic heterocycles. The van der Waals surface area contributed by atoms with E-state index in [0.717, 1.165) is 29.4 Å². The van der Waals surface area contributed by atoms with Crippen molar-refractivity contribution in [3.8, 4) is 5.69 Å². The van der Waals surface area contributed by atoms with E-state index in [9.17, 15) is 8.78 Å². The molecule has 0 saturated carbocycles. The van der Waals surface area contributed by atoms with Crippen LogP contribution in [0.4, 0.5) is 8.78 Å². The normalized spacial score (nSPS) is 11.4. The molecule has 0 fully saturated rings. The summed E-state index contributed by atoms with van der Waals surface area (Å²) in [6.45, 7) is 3.16. The summed E-state index contributed by atoms with van der Waals surface area (Å²) >= 11 is 0. The molecule has 3 rings (SSSR count).